The van der Waals surface area contributed by atoms with Gasteiger partial charge in [0.25, 0.3) is 0 Å². The first kappa shape index (κ1) is 14.0. The van der Waals surface area contributed by atoms with Gasteiger partial charge in [-0.15, -0.1) is 0 Å². The number of nitrogens with one attached hydrogen (secondary N) is 1. The summed E-state index contributed by atoms with van der Waals surface area (Å²) in [6.07, 6.45) is 5.04. The highest BCUT2D eigenvalue weighted by molar-refractivity contribution is 9.09. The van der Waals surface area contributed by atoms with Crippen molar-refractivity contribution < 1.29 is 4.79 Å². The lowest BCUT2D eigenvalue weighted by atomic mass is 9.89. The molecule has 1 saturated carbocycles. The first-order valence-electron chi connectivity index (χ1n) is 6.42. The molecule has 3 atom stereocenters. The molecular formula is C13H24BrNO. The predicted octanol–water partition coefficient (Wildman–Crippen LogP) is 3.35. The van der Waals surface area contributed by atoms with E-state index in [4.69, 9.17) is 0 Å². The van der Waals surface area contributed by atoms with Crippen molar-refractivity contribution in [3.63, 3.8) is 0 Å². The van der Waals surface area contributed by atoms with E-state index in [0.717, 1.165) is 6.54 Å². The van der Waals surface area contributed by atoms with Gasteiger partial charge >= 0.3 is 0 Å². The van der Waals surface area contributed by atoms with E-state index in [-0.39, 0.29) is 11.8 Å². The molecule has 0 saturated heterocycles. The zero-order valence-corrected chi connectivity index (χ0v) is 12.2. The Kier molecular flexibility index (Phi) is 5.81. The van der Waals surface area contributed by atoms with E-state index in [0.29, 0.717) is 16.7 Å². The minimum atomic E-state index is 0.128. The third kappa shape index (κ3) is 4.44. The number of rotatable bonds is 4. The molecule has 1 aliphatic rings. The summed E-state index contributed by atoms with van der Waals surface area (Å²) in [5.41, 5.74) is 0. The van der Waals surface area contributed by atoms with Crippen LogP contribution < -0.4 is 5.32 Å². The fourth-order valence-corrected chi connectivity index (χ4v) is 2.97. The van der Waals surface area contributed by atoms with E-state index < -0.39 is 0 Å². The highest BCUT2D eigenvalue weighted by Gasteiger charge is 2.22. The highest BCUT2D eigenvalue weighted by Crippen LogP contribution is 2.28. The lowest BCUT2D eigenvalue weighted by Gasteiger charge is -2.26. The lowest BCUT2D eigenvalue weighted by Crippen LogP contribution is -2.36. The van der Waals surface area contributed by atoms with Gasteiger partial charge in [0.05, 0.1) is 0 Å². The summed E-state index contributed by atoms with van der Waals surface area (Å²) >= 11 is 3.68. The van der Waals surface area contributed by atoms with Crippen LogP contribution in [0.5, 0.6) is 0 Å². The molecule has 0 heterocycles. The summed E-state index contributed by atoms with van der Waals surface area (Å²) in [5, 5.41) is 3.09. The summed E-state index contributed by atoms with van der Waals surface area (Å²) in [4.78, 5) is 12.4. The zero-order chi connectivity index (χ0) is 12.1. The van der Waals surface area contributed by atoms with Crippen LogP contribution in [-0.4, -0.2) is 17.3 Å². The SMILES string of the molecule is CC(C)C(C)C(=O)NCC1CCCC(Br)C1. The molecule has 1 aliphatic carbocycles. The second-order valence-electron chi connectivity index (χ2n) is 5.41. The number of carbonyl (C=O) groups is 1. The molecule has 1 N–H and O–H groups in total. The van der Waals surface area contributed by atoms with Crippen LogP contribution in [0.4, 0.5) is 0 Å². The minimum absolute atomic E-state index is 0.128. The molecule has 2 nitrogen and oxygen atoms in total. The fraction of sp³-hybridized carbons (Fsp3) is 0.923. The van der Waals surface area contributed by atoms with Crippen molar-refractivity contribution in [2.24, 2.45) is 17.8 Å². The van der Waals surface area contributed by atoms with Crippen molar-refractivity contribution in [2.45, 2.75) is 51.3 Å². The molecule has 94 valence electrons. The number of alkyl halides is 1. The molecule has 3 unspecified atom stereocenters. The van der Waals surface area contributed by atoms with E-state index in [1.54, 1.807) is 0 Å². The van der Waals surface area contributed by atoms with Crippen molar-refractivity contribution in [1.82, 2.24) is 5.32 Å². The first-order valence-corrected chi connectivity index (χ1v) is 7.34. The van der Waals surface area contributed by atoms with Crippen molar-refractivity contribution in [3.05, 3.63) is 0 Å². The Bertz CT molecular complexity index is 230. The third-order valence-corrected chi connectivity index (χ3v) is 4.53. The van der Waals surface area contributed by atoms with Gasteiger partial charge in [-0.1, -0.05) is 43.1 Å². The first-order chi connectivity index (χ1) is 7.50. The van der Waals surface area contributed by atoms with Crippen molar-refractivity contribution in [1.29, 1.82) is 0 Å². The van der Waals surface area contributed by atoms with Gasteiger partial charge in [0, 0.05) is 17.3 Å². The summed E-state index contributed by atoms with van der Waals surface area (Å²) in [6, 6.07) is 0. The van der Waals surface area contributed by atoms with Gasteiger partial charge in [-0.25, -0.2) is 0 Å². The Morgan fingerprint density at radius 3 is 2.62 bits per heavy atom. The third-order valence-electron chi connectivity index (χ3n) is 3.70. The second-order valence-corrected chi connectivity index (χ2v) is 6.70. The number of halogens is 1. The Hall–Kier alpha value is -0.0500. The number of hydrogen-bond acceptors (Lipinski definition) is 1. The molecule has 0 aliphatic heterocycles. The van der Waals surface area contributed by atoms with E-state index in [1.165, 1.54) is 25.7 Å². The molecule has 0 aromatic rings. The molecule has 0 aromatic heterocycles. The van der Waals surface area contributed by atoms with Crippen LogP contribution in [0.25, 0.3) is 0 Å². The summed E-state index contributed by atoms with van der Waals surface area (Å²) < 4.78 is 0. The molecule has 0 bridgehead atoms. The number of amides is 1. The molecule has 1 rings (SSSR count). The van der Waals surface area contributed by atoms with E-state index >= 15 is 0 Å². The van der Waals surface area contributed by atoms with Gasteiger partial charge in [0.2, 0.25) is 5.91 Å². The monoisotopic (exact) mass is 289 g/mol. The summed E-state index contributed by atoms with van der Waals surface area (Å²) in [6.45, 7) is 7.06. The van der Waals surface area contributed by atoms with E-state index in [2.05, 4.69) is 35.1 Å². The van der Waals surface area contributed by atoms with Gasteiger partial charge in [-0.3, -0.25) is 4.79 Å². The molecular weight excluding hydrogens is 266 g/mol. The highest BCUT2D eigenvalue weighted by atomic mass is 79.9. The number of hydrogen-bond donors (Lipinski definition) is 1. The van der Waals surface area contributed by atoms with Crippen molar-refractivity contribution >= 4 is 21.8 Å². The van der Waals surface area contributed by atoms with Gasteiger partial charge in [-0.05, 0) is 31.1 Å². The van der Waals surface area contributed by atoms with Crippen LogP contribution in [0.3, 0.4) is 0 Å². The summed E-state index contributed by atoms with van der Waals surface area (Å²) in [5.74, 6) is 1.44. The molecule has 16 heavy (non-hydrogen) atoms. The van der Waals surface area contributed by atoms with Crippen LogP contribution in [-0.2, 0) is 4.79 Å². The average Bonchev–Trinajstić information content (AvgIpc) is 2.24. The molecule has 0 aromatic carbocycles. The van der Waals surface area contributed by atoms with Crippen molar-refractivity contribution in [2.75, 3.05) is 6.54 Å². The molecule has 1 amide bonds. The van der Waals surface area contributed by atoms with Crippen molar-refractivity contribution in [3.8, 4) is 0 Å². The Labute approximate surface area is 108 Å². The maximum absolute atomic E-state index is 11.8. The van der Waals surface area contributed by atoms with E-state index in [9.17, 15) is 4.79 Å². The minimum Gasteiger partial charge on any atom is -0.356 e. The molecule has 0 spiro atoms. The van der Waals surface area contributed by atoms with Crippen LogP contribution in [0.2, 0.25) is 0 Å². The maximum atomic E-state index is 11.8. The van der Waals surface area contributed by atoms with Gasteiger partial charge < -0.3 is 5.32 Å². The Morgan fingerprint density at radius 2 is 2.06 bits per heavy atom. The Balaban J connectivity index is 2.25. The standard InChI is InChI=1S/C13H24BrNO/c1-9(2)10(3)13(16)15-8-11-5-4-6-12(14)7-11/h9-12H,4-8H2,1-3H3,(H,15,16). The predicted molar refractivity (Wildman–Crippen MR) is 71.7 cm³/mol. The van der Waals surface area contributed by atoms with Crippen LogP contribution in [0.1, 0.15) is 46.5 Å². The second kappa shape index (κ2) is 6.63. The normalized spacial score (nSPS) is 27.8. The average molecular weight is 290 g/mol. The number of carbonyl (C=O) groups excluding carboxylic acids is 1. The Morgan fingerprint density at radius 1 is 1.38 bits per heavy atom. The van der Waals surface area contributed by atoms with E-state index in [1.807, 2.05) is 6.92 Å². The fourth-order valence-electron chi connectivity index (χ4n) is 2.12. The van der Waals surface area contributed by atoms with Crippen LogP contribution in [0.15, 0.2) is 0 Å². The quantitative estimate of drug-likeness (QED) is 0.790. The molecule has 3 heteroatoms. The summed E-state index contributed by atoms with van der Waals surface area (Å²) in [7, 11) is 0. The smallest absolute Gasteiger partial charge is 0.223 e. The largest absolute Gasteiger partial charge is 0.356 e. The zero-order valence-electron chi connectivity index (χ0n) is 10.6. The van der Waals surface area contributed by atoms with Gasteiger partial charge in [0.1, 0.15) is 0 Å². The lowest BCUT2D eigenvalue weighted by molar-refractivity contribution is -0.125. The molecule has 0 radical (unpaired) electrons. The van der Waals surface area contributed by atoms with Gasteiger partial charge in [-0.2, -0.15) is 0 Å². The maximum Gasteiger partial charge on any atom is 0.223 e. The van der Waals surface area contributed by atoms with Crippen LogP contribution >= 0.6 is 15.9 Å². The van der Waals surface area contributed by atoms with Gasteiger partial charge in [0.15, 0.2) is 0 Å². The topological polar surface area (TPSA) is 29.1 Å². The molecule has 1 fully saturated rings. The van der Waals surface area contributed by atoms with Crippen LogP contribution in [0, 0.1) is 17.8 Å².